The normalized spacial score (nSPS) is 16.6. The summed E-state index contributed by atoms with van der Waals surface area (Å²) >= 11 is 0. The molecule has 1 aromatic heterocycles. The molecular formula is C10H11FN2O. The lowest BCUT2D eigenvalue weighted by Gasteiger charge is -2.38. The fraction of sp³-hybridized carbons (Fsp3) is 0.400. The molecule has 2 rings (SSSR count). The molecule has 0 spiro atoms. The van der Waals surface area contributed by atoms with Gasteiger partial charge in [0.15, 0.2) is 0 Å². The van der Waals surface area contributed by atoms with Gasteiger partial charge in [-0.05, 0) is 11.6 Å². The topological polar surface area (TPSA) is 33.2 Å². The highest BCUT2D eigenvalue weighted by Crippen LogP contribution is 2.26. The summed E-state index contributed by atoms with van der Waals surface area (Å²) in [7, 11) is 0. The van der Waals surface area contributed by atoms with E-state index in [1.165, 1.54) is 12.3 Å². The van der Waals surface area contributed by atoms with Crippen molar-refractivity contribution in [2.24, 2.45) is 0 Å². The highest BCUT2D eigenvalue weighted by atomic mass is 19.1. The lowest BCUT2D eigenvalue weighted by molar-refractivity contribution is -0.133. The van der Waals surface area contributed by atoms with Crippen LogP contribution in [0.1, 0.15) is 18.4 Å². The first kappa shape index (κ1) is 9.12. The standard InChI is InChI=1S/C10H11FN2O/c1-7(14)13-5-9(6-13)8-2-10(11)4-12-3-8/h2-4,9H,5-6H2,1H3. The van der Waals surface area contributed by atoms with E-state index in [9.17, 15) is 9.18 Å². The van der Waals surface area contributed by atoms with E-state index >= 15 is 0 Å². The molecule has 74 valence electrons. The summed E-state index contributed by atoms with van der Waals surface area (Å²) in [6, 6.07) is 1.48. The molecule has 0 aromatic carbocycles. The Balaban J connectivity index is 2.03. The summed E-state index contributed by atoms with van der Waals surface area (Å²) < 4.78 is 12.8. The van der Waals surface area contributed by atoms with Crippen molar-refractivity contribution in [2.75, 3.05) is 13.1 Å². The zero-order valence-electron chi connectivity index (χ0n) is 7.90. The predicted molar refractivity (Wildman–Crippen MR) is 49.2 cm³/mol. The van der Waals surface area contributed by atoms with Crippen molar-refractivity contribution < 1.29 is 9.18 Å². The molecular weight excluding hydrogens is 183 g/mol. The number of rotatable bonds is 1. The van der Waals surface area contributed by atoms with Crippen LogP contribution in [-0.2, 0) is 4.79 Å². The minimum Gasteiger partial charge on any atom is -0.342 e. The minimum absolute atomic E-state index is 0.0746. The summed E-state index contributed by atoms with van der Waals surface area (Å²) in [6.07, 6.45) is 2.84. The number of carbonyl (C=O) groups excluding carboxylic acids is 1. The summed E-state index contributed by atoms with van der Waals surface area (Å²) in [5.41, 5.74) is 0.877. The van der Waals surface area contributed by atoms with Crippen LogP contribution in [0.15, 0.2) is 18.5 Å². The van der Waals surface area contributed by atoms with Gasteiger partial charge in [-0.15, -0.1) is 0 Å². The number of aromatic nitrogens is 1. The van der Waals surface area contributed by atoms with Crippen LogP contribution in [-0.4, -0.2) is 28.9 Å². The van der Waals surface area contributed by atoms with Gasteiger partial charge in [0.1, 0.15) is 5.82 Å². The van der Waals surface area contributed by atoms with Crippen molar-refractivity contribution in [1.29, 1.82) is 0 Å². The van der Waals surface area contributed by atoms with Crippen LogP contribution in [0, 0.1) is 5.82 Å². The zero-order chi connectivity index (χ0) is 10.1. The molecule has 3 nitrogen and oxygen atoms in total. The van der Waals surface area contributed by atoms with Crippen molar-refractivity contribution in [3.8, 4) is 0 Å². The zero-order valence-corrected chi connectivity index (χ0v) is 7.90. The molecule has 4 heteroatoms. The molecule has 0 aliphatic carbocycles. The van der Waals surface area contributed by atoms with Crippen LogP contribution in [0.2, 0.25) is 0 Å². The molecule has 0 N–H and O–H groups in total. The van der Waals surface area contributed by atoms with Crippen LogP contribution >= 0.6 is 0 Å². The van der Waals surface area contributed by atoms with Gasteiger partial charge in [0.05, 0.1) is 6.20 Å². The van der Waals surface area contributed by atoms with Crippen molar-refractivity contribution >= 4 is 5.91 Å². The Hall–Kier alpha value is -1.45. The average molecular weight is 194 g/mol. The third-order valence-corrected chi connectivity index (χ3v) is 2.52. The van der Waals surface area contributed by atoms with E-state index in [1.54, 1.807) is 18.0 Å². The molecule has 0 atom stereocenters. The van der Waals surface area contributed by atoms with Crippen molar-refractivity contribution in [1.82, 2.24) is 9.88 Å². The monoisotopic (exact) mass is 194 g/mol. The number of carbonyl (C=O) groups is 1. The molecule has 1 amide bonds. The largest absolute Gasteiger partial charge is 0.342 e. The molecule has 2 heterocycles. The van der Waals surface area contributed by atoms with E-state index in [1.807, 2.05) is 0 Å². The molecule has 0 bridgehead atoms. The van der Waals surface area contributed by atoms with Crippen LogP contribution in [0.5, 0.6) is 0 Å². The number of hydrogen-bond acceptors (Lipinski definition) is 2. The smallest absolute Gasteiger partial charge is 0.219 e. The molecule has 1 aliphatic heterocycles. The fourth-order valence-corrected chi connectivity index (χ4v) is 1.60. The Morgan fingerprint density at radius 1 is 1.57 bits per heavy atom. The molecule has 1 fully saturated rings. The Morgan fingerprint density at radius 2 is 2.29 bits per heavy atom. The first-order valence-electron chi connectivity index (χ1n) is 4.53. The van der Waals surface area contributed by atoms with Gasteiger partial charge in [0.2, 0.25) is 5.91 Å². The first-order valence-corrected chi connectivity index (χ1v) is 4.53. The molecule has 1 aliphatic rings. The molecule has 1 aromatic rings. The Bertz CT molecular complexity index is 361. The number of amides is 1. The van der Waals surface area contributed by atoms with Crippen LogP contribution in [0.3, 0.4) is 0 Å². The van der Waals surface area contributed by atoms with E-state index in [-0.39, 0.29) is 17.6 Å². The molecule has 14 heavy (non-hydrogen) atoms. The minimum atomic E-state index is -0.316. The van der Waals surface area contributed by atoms with E-state index in [0.717, 1.165) is 5.56 Å². The highest BCUT2D eigenvalue weighted by Gasteiger charge is 2.29. The Morgan fingerprint density at radius 3 is 2.86 bits per heavy atom. The van der Waals surface area contributed by atoms with Gasteiger partial charge in [-0.1, -0.05) is 0 Å². The van der Waals surface area contributed by atoms with E-state index in [0.29, 0.717) is 13.1 Å². The molecule has 0 radical (unpaired) electrons. The lowest BCUT2D eigenvalue weighted by atomic mass is 9.93. The van der Waals surface area contributed by atoms with Gasteiger partial charge in [0.25, 0.3) is 0 Å². The van der Waals surface area contributed by atoms with Gasteiger partial charge in [-0.3, -0.25) is 9.78 Å². The second-order valence-corrected chi connectivity index (χ2v) is 3.56. The SMILES string of the molecule is CC(=O)N1CC(c2cncc(F)c2)C1. The van der Waals surface area contributed by atoms with Gasteiger partial charge in [0, 0.05) is 32.1 Å². The maximum atomic E-state index is 12.8. The molecule has 1 saturated heterocycles. The summed E-state index contributed by atoms with van der Waals surface area (Å²) in [6.45, 7) is 2.90. The summed E-state index contributed by atoms with van der Waals surface area (Å²) in [5, 5.41) is 0. The number of nitrogens with zero attached hydrogens (tertiary/aromatic N) is 2. The van der Waals surface area contributed by atoms with Gasteiger partial charge < -0.3 is 4.90 Å². The van der Waals surface area contributed by atoms with E-state index in [2.05, 4.69) is 4.98 Å². The van der Waals surface area contributed by atoms with Gasteiger partial charge in [-0.25, -0.2) is 4.39 Å². The van der Waals surface area contributed by atoms with Crippen molar-refractivity contribution in [2.45, 2.75) is 12.8 Å². The maximum absolute atomic E-state index is 12.8. The number of hydrogen-bond donors (Lipinski definition) is 0. The fourth-order valence-electron chi connectivity index (χ4n) is 1.60. The van der Waals surface area contributed by atoms with E-state index in [4.69, 9.17) is 0 Å². The third kappa shape index (κ3) is 1.60. The summed E-state index contributed by atoms with van der Waals surface area (Å²) in [4.78, 5) is 16.4. The Labute approximate surface area is 81.6 Å². The maximum Gasteiger partial charge on any atom is 0.219 e. The number of halogens is 1. The molecule has 0 saturated carbocycles. The number of pyridine rings is 1. The highest BCUT2D eigenvalue weighted by molar-refractivity contribution is 5.74. The van der Waals surface area contributed by atoms with E-state index < -0.39 is 0 Å². The van der Waals surface area contributed by atoms with Crippen molar-refractivity contribution in [3.05, 3.63) is 29.8 Å². The van der Waals surface area contributed by atoms with Crippen LogP contribution in [0.4, 0.5) is 4.39 Å². The van der Waals surface area contributed by atoms with Crippen LogP contribution in [0.25, 0.3) is 0 Å². The lowest BCUT2D eigenvalue weighted by Crippen LogP contribution is -2.47. The van der Waals surface area contributed by atoms with Crippen molar-refractivity contribution in [3.63, 3.8) is 0 Å². The van der Waals surface area contributed by atoms with Gasteiger partial charge in [-0.2, -0.15) is 0 Å². The molecule has 0 unspecified atom stereocenters. The van der Waals surface area contributed by atoms with Crippen LogP contribution < -0.4 is 0 Å². The van der Waals surface area contributed by atoms with Gasteiger partial charge >= 0.3 is 0 Å². The second-order valence-electron chi connectivity index (χ2n) is 3.56. The second kappa shape index (κ2) is 3.36. The quantitative estimate of drug-likeness (QED) is 0.672. The third-order valence-electron chi connectivity index (χ3n) is 2.52. The predicted octanol–water partition coefficient (Wildman–Crippen LogP) is 1.17. The number of likely N-dealkylation sites (tertiary alicyclic amines) is 1. The first-order chi connectivity index (χ1) is 6.66. The average Bonchev–Trinajstić information content (AvgIpc) is 2.00. The summed E-state index contributed by atoms with van der Waals surface area (Å²) in [5.74, 6) is 0.0106. The Kier molecular flexibility index (Phi) is 2.19.